The van der Waals surface area contributed by atoms with E-state index in [0.717, 1.165) is 46.4 Å². The van der Waals surface area contributed by atoms with Crippen LogP contribution in [0.5, 0.6) is 0 Å². The molecule has 0 aliphatic heterocycles. The first-order chi connectivity index (χ1) is 19.2. The SMILES string of the molecule is CCC[C@@H](CC(C)(C)S(N)=O)c1cccc(-c2ccc3cnn(-c4nccc(CO[Si](C)(C)C(C)(C)C)n4)c3c2)n1. The van der Waals surface area contributed by atoms with Crippen molar-refractivity contribution in [3.05, 3.63) is 66.2 Å². The lowest BCUT2D eigenvalue weighted by atomic mass is 9.89. The number of hydrogen-bond donors (Lipinski definition) is 1. The van der Waals surface area contributed by atoms with E-state index < -0.39 is 24.1 Å². The van der Waals surface area contributed by atoms with Crippen LogP contribution in [0.15, 0.2) is 54.9 Å². The van der Waals surface area contributed by atoms with Gasteiger partial charge in [0.15, 0.2) is 8.32 Å². The average Bonchev–Trinajstić information content (AvgIpc) is 3.34. The normalized spacial score (nSPS) is 14.4. The van der Waals surface area contributed by atoms with Crippen molar-refractivity contribution in [1.29, 1.82) is 0 Å². The second kappa shape index (κ2) is 12.2. The third-order valence-electron chi connectivity index (χ3n) is 8.25. The summed E-state index contributed by atoms with van der Waals surface area (Å²) in [6, 6.07) is 14.2. The Morgan fingerprint density at radius 2 is 1.83 bits per heavy atom. The van der Waals surface area contributed by atoms with E-state index in [9.17, 15) is 4.21 Å². The van der Waals surface area contributed by atoms with Crippen LogP contribution in [0, 0.1) is 0 Å². The highest BCUT2D eigenvalue weighted by molar-refractivity contribution is 7.84. The second-order valence-corrected chi connectivity index (χ2v) is 19.4. The molecule has 0 saturated heterocycles. The number of pyridine rings is 1. The first kappa shape index (κ1) is 31.1. The zero-order valence-corrected chi connectivity index (χ0v) is 27.5. The van der Waals surface area contributed by atoms with Crippen LogP contribution in [0.4, 0.5) is 0 Å². The smallest absolute Gasteiger partial charge is 0.251 e. The van der Waals surface area contributed by atoms with Gasteiger partial charge in [0.2, 0.25) is 0 Å². The maximum Gasteiger partial charge on any atom is 0.251 e. The van der Waals surface area contributed by atoms with Crippen molar-refractivity contribution in [1.82, 2.24) is 24.7 Å². The third-order valence-corrected chi connectivity index (χ3v) is 14.0. The van der Waals surface area contributed by atoms with Gasteiger partial charge in [-0.05, 0) is 69.1 Å². The first-order valence-electron chi connectivity index (χ1n) is 14.3. The molecule has 3 heterocycles. The number of nitrogens with two attached hydrogens (primary N) is 1. The molecule has 0 amide bonds. The molecule has 1 aromatic carbocycles. The summed E-state index contributed by atoms with van der Waals surface area (Å²) in [4.78, 5) is 14.4. The van der Waals surface area contributed by atoms with E-state index >= 15 is 0 Å². The minimum absolute atomic E-state index is 0.124. The fourth-order valence-corrected chi connectivity index (χ4v) is 5.90. The predicted molar refractivity (Wildman–Crippen MR) is 171 cm³/mol. The Morgan fingerprint density at radius 1 is 1.07 bits per heavy atom. The highest BCUT2D eigenvalue weighted by Crippen LogP contribution is 2.37. The van der Waals surface area contributed by atoms with E-state index in [0.29, 0.717) is 19.0 Å². The molecule has 3 aromatic heterocycles. The van der Waals surface area contributed by atoms with Gasteiger partial charge in [-0.3, -0.25) is 10.1 Å². The monoisotopic (exact) mass is 592 g/mol. The summed E-state index contributed by atoms with van der Waals surface area (Å²) in [5, 5.41) is 11.5. The Hall–Kier alpha value is -2.79. The molecule has 41 heavy (non-hydrogen) atoms. The average molecular weight is 593 g/mol. The van der Waals surface area contributed by atoms with E-state index in [1.54, 1.807) is 10.9 Å². The number of fused-ring (bicyclic) bond motifs is 1. The van der Waals surface area contributed by atoms with Gasteiger partial charge in [-0.2, -0.15) is 9.78 Å². The molecule has 0 aliphatic carbocycles. The predicted octanol–water partition coefficient (Wildman–Crippen LogP) is 7.07. The van der Waals surface area contributed by atoms with Crippen molar-refractivity contribution in [2.45, 2.75) is 96.2 Å². The zero-order valence-electron chi connectivity index (χ0n) is 25.6. The Labute approximate surface area is 247 Å². The van der Waals surface area contributed by atoms with Crippen LogP contribution in [0.25, 0.3) is 28.1 Å². The highest BCUT2D eigenvalue weighted by Gasteiger charge is 2.37. The van der Waals surface area contributed by atoms with E-state index in [1.807, 2.05) is 38.2 Å². The summed E-state index contributed by atoms with van der Waals surface area (Å²) in [7, 11) is -3.32. The summed E-state index contributed by atoms with van der Waals surface area (Å²) < 4.78 is 19.8. The van der Waals surface area contributed by atoms with Crippen LogP contribution >= 0.6 is 0 Å². The van der Waals surface area contributed by atoms with Gasteiger partial charge in [0.1, 0.15) is 0 Å². The van der Waals surface area contributed by atoms with Crippen LogP contribution in [-0.4, -0.2) is 42.0 Å². The minimum Gasteiger partial charge on any atom is -0.411 e. The zero-order chi connectivity index (χ0) is 30.0. The molecule has 0 bridgehead atoms. The van der Waals surface area contributed by atoms with Crippen molar-refractivity contribution >= 4 is 30.2 Å². The molecule has 4 rings (SSSR count). The molecule has 2 atom stereocenters. The van der Waals surface area contributed by atoms with E-state index in [2.05, 4.69) is 75.1 Å². The maximum atomic E-state index is 12.2. The fraction of sp³-hybridized carbons (Fsp3) is 0.484. The van der Waals surface area contributed by atoms with Gasteiger partial charge < -0.3 is 4.43 Å². The molecular weight excluding hydrogens is 549 g/mol. The topological polar surface area (TPSA) is 109 Å². The van der Waals surface area contributed by atoms with E-state index in [-0.39, 0.29) is 11.0 Å². The van der Waals surface area contributed by atoms with E-state index in [4.69, 9.17) is 19.5 Å². The van der Waals surface area contributed by atoms with Crippen LogP contribution in [0.3, 0.4) is 0 Å². The van der Waals surface area contributed by atoms with Gasteiger partial charge in [-0.1, -0.05) is 52.3 Å². The molecule has 1 unspecified atom stereocenters. The molecule has 10 heteroatoms. The number of benzene rings is 1. The first-order valence-corrected chi connectivity index (χ1v) is 18.4. The van der Waals surface area contributed by atoms with Crippen LogP contribution in [0.2, 0.25) is 18.1 Å². The Bertz CT molecular complexity index is 1530. The molecule has 0 aliphatic rings. The highest BCUT2D eigenvalue weighted by atomic mass is 32.2. The number of nitrogens with zero attached hydrogens (tertiary/aromatic N) is 5. The van der Waals surface area contributed by atoms with Crippen molar-refractivity contribution < 1.29 is 8.63 Å². The molecule has 0 radical (unpaired) electrons. The lowest BCUT2D eigenvalue weighted by molar-refractivity contribution is 0.271. The summed E-state index contributed by atoms with van der Waals surface area (Å²) >= 11 is 0. The van der Waals surface area contributed by atoms with Crippen molar-refractivity contribution in [3.63, 3.8) is 0 Å². The van der Waals surface area contributed by atoms with Gasteiger partial charge in [0, 0.05) is 28.8 Å². The molecule has 0 saturated carbocycles. The number of rotatable bonds is 11. The Kier molecular flexibility index (Phi) is 9.28. The summed E-state index contributed by atoms with van der Waals surface area (Å²) in [6.07, 6.45) is 6.26. The van der Waals surface area contributed by atoms with Crippen LogP contribution in [-0.2, 0) is 22.0 Å². The van der Waals surface area contributed by atoms with Crippen LogP contribution < -0.4 is 5.14 Å². The van der Waals surface area contributed by atoms with Crippen molar-refractivity contribution in [2.24, 2.45) is 5.14 Å². The fourth-order valence-electron chi connectivity index (χ4n) is 4.59. The van der Waals surface area contributed by atoms with Gasteiger partial charge >= 0.3 is 0 Å². The largest absolute Gasteiger partial charge is 0.411 e. The van der Waals surface area contributed by atoms with Gasteiger partial charge in [0.25, 0.3) is 5.95 Å². The van der Waals surface area contributed by atoms with Gasteiger partial charge in [-0.25, -0.2) is 14.2 Å². The molecule has 0 spiro atoms. The summed E-state index contributed by atoms with van der Waals surface area (Å²) in [5.74, 6) is 0.677. The molecule has 2 N–H and O–H groups in total. The molecule has 8 nitrogen and oxygen atoms in total. The van der Waals surface area contributed by atoms with Crippen LogP contribution in [0.1, 0.15) is 78.1 Å². The quantitative estimate of drug-likeness (QED) is 0.187. The molecule has 0 fully saturated rings. The lowest BCUT2D eigenvalue weighted by Gasteiger charge is -2.36. The standard InChI is InChI=1S/C31H44N6O2SSi/c1-9-11-23(19-31(5,6)40(32)38)27-13-10-12-26(36-27)22-14-15-24-20-34-37(28(24)18-22)29-33-17-16-25(35-29)21-39-41(7,8)30(2,3)4/h10,12-18,20,23H,9,11,19,21,32H2,1-8H3/t23-,40?/m0/s1. The van der Waals surface area contributed by atoms with E-state index in [1.165, 1.54) is 0 Å². The third kappa shape index (κ3) is 7.17. The maximum absolute atomic E-state index is 12.2. The lowest BCUT2D eigenvalue weighted by Crippen LogP contribution is -2.40. The second-order valence-electron chi connectivity index (χ2n) is 12.9. The minimum atomic E-state index is -1.91. The van der Waals surface area contributed by atoms with Crippen molar-refractivity contribution in [2.75, 3.05) is 0 Å². The molecule has 4 aromatic rings. The van der Waals surface area contributed by atoms with Gasteiger partial charge in [0.05, 0.1) is 45.4 Å². The number of aromatic nitrogens is 5. The summed E-state index contributed by atoms with van der Waals surface area (Å²) in [5.41, 5.74) is 4.59. The number of hydrogen-bond acceptors (Lipinski definition) is 6. The Morgan fingerprint density at radius 3 is 2.51 bits per heavy atom. The summed E-state index contributed by atoms with van der Waals surface area (Å²) in [6.45, 7) is 17.7. The van der Waals surface area contributed by atoms with Crippen molar-refractivity contribution in [3.8, 4) is 17.2 Å². The van der Waals surface area contributed by atoms with Gasteiger partial charge in [-0.15, -0.1) is 0 Å². The molecular formula is C31H44N6O2SSi. The molecule has 220 valence electrons. The Balaban J connectivity index is 1.64.